The fourth-order valence-corrected chi connectivity index (χ4v) is 2.85. The second kappa shape index (κ2) is 6.45. The molecule has 24 heavy (non-hydrogen) atoms. The fraction of sp³-hybridized carbons (Fsp3) is 0.294. The van der Waals surface area contributed by atoms with E-state index in [9.17, 15) is 14.0 Å². The van der Waals surface area contributed by atoms with Gasteiger partial charge in [-0.1, -0.05) is 12.1 Å². The zero-order valence-electron chi connectivity index (χ0n) is 13.2. The Morgan fingerprint density at radius 2 is 2.12 bits per heavy atom. The molecule has 0 spiro atoms. The summed E-state index contributed by atoms with van der Waals surface area (Å²) in [4.78, 5) is 27.8. The first-order valence-electron chi connectivity index (χ1n) is 7.64. The number of halogens is 1. The molecule has 1 saturated heterocycles. The predicted octanol–water partition coefficient (Wildman–Crippen LogP) is 1.75. The molecule has 1 aliphatic heterocycles. The van der Waals surface area contributed by atoms with Crippen molar-refractivity contribution in [3.63, 3.8) is 0 Å². The normalized spacial score (nSPS) is 17.4. The van der Waals surface area contributed by atoms with Crippen LogP contribution in [0.2, 0.25) is 0 Å². The molecular weight excluding hydrogens is 313 g/mol. The third kappa shape index (κ3) is 2.78. The van der Waals surface area contributed by atoms with Gasteiger partial charge in [-0.15, -0.1) is 0 Å². The summed E-state index contributed by atoms with van der Waals surface area (Å²) in [7, 11) is 1.54. The minimum atomic E-state index is -0.650. The first-order valence-corrected chi connectivity index (χ1v) is 7.64. The molecule has 126 valence electrons. The standard InChI is InChI=1S/C17H18FN3O3/c1-20(17(23)15-7-6-11(10-19)24-15)14-8-9-21(16(14)22)13-5-3-2-4-12(13)18/h2-7,14H,8-10,19H2,1H3. The quantitative estimate of drug-likeness (QED) is 0.926. The number of anilines is 1. The van der Waals surface area contributed by atoms with E-state index in [-0.39, 0.29) is 23.9 Å². The average Bonchev–Trinajstić information content (AvgIpc) is 3.21. The summed E-state index contributed by atoms with van der Waals surface area (Å²) in [6.45, 7) is 0.550. The van der Waals surface area contributed by atoms with Crippen molar-refractivity contribution in [2.24, 2.45) is 5.73 Å². The van der Waals surface area contributed by atoms with Gasteiger partial charge >= 0.3 is 0 Å². The second-order valence-electron chi connectivity index (χ2n) is 5.63. The smallest absolute Gasteiger partial charge is 0.289 e. The van der Waals surface area contributed by atoms with E-state index in [1.54, 1.807) is 31.3 Å². The molecule has 1 atom stereocenters. The van der Waals surface area contributed by atoms with Crippen molar-refractivity contribution in [1.82, 2.24) is 4.90 Å². The molecule has 7 heteroatoms. The van der Waals surface area contributed by atoms with Crippen LogP contribution in [0.15, 0.2) is 40.8 Å². The highest BCUT2D eigenvalue weighted by molar-refractivity contribution is 6.03. The summed E-state index contributed by atoms with van der Waals surface area (Å²) < 4.78 is 19.2. The molecule has 1 aromatic heterocycles. The summed E-state index contributed by atoms with van der Waals surface area (Å²) in [6, 6.07) is 8.62. The Labute approximate surface area is 138 Å². The number of nitrogens with zero attached hydrogens (tertiary/aromatic N) is 2. The van der Waals surface area contributed by atoms with Crippen LogP contribution in [0, 0.1) is 5.82 Å². The van der Waals surface area contributed by atoms with E-state index < -0.39 is 17.8 Å². The Kier molecular flexibility index (Phi) is 4.35. The summed E-state index contributed by atoms with van der Waals surface area (Å²) in [5.74, 6) is -0.531. The molecule has 1 aromatic carbocycles. The van der Waals surface area contributed by atoms with Gasteiger partial charge in [0, 0.05) is 13.6 Å². The third-order valence-corrected chi connectivity index (χ3v) is 4.18. The van der Waals surface area contributed by atoms with E-state index >= 15 is 0 Å². The number of carbonyl (C=O) groups is 2. The number of carbonyl (C=O) groups excluding carboxylic acids is 2. The lowest BCUT2D eigenvalue weighted by Crippen LogP contribution is -2.43. The topological polar surface area (TPSA) is 79.8 Å². The molecule has 1 aliphatic rings. The number of benzene rings is 1. The van der Waals surface area contributed by atoms with Gasteiger partial charge in [-0.2, -0.15) is 0 Å². The number of hydrogen-bond acceptors (Lipinski definition) is 4. The maximum absolute atomic E-state index is 13.9. The molecular formula is C17H18FN3O3. The van der Waals surface area contributed by atoms with Gasteiger partial charge in [0.25, 0.3) is 5.91 Å². The van der Waals surface area contributed by atoms with E-state index in [2.05, 4.69) is 0 Å². The predicted molar refractivity (Wildman–Crippen MR) is 85.9 cm³/mol. The number of nitrogens with two attached hydrogens (primary N) is 1. The Bertz CT molecular complexity index is 774. The van der Waals surface area contributed by atoms with Crippen LogP contribution in [-0.2, 0) is 11.3 Å². The van der Waals surface area contributed by atoms with Gasteiger partial charge in [0.1, 0.15) is 17.6 Å². The number of para-hydroxylation sites is 1. The molecule has 0 bridgehead atoms. The van der Waals surface area contributed by atoms with Crippen LogP contribution in [0.3, 0.4) is 0 Å². The van der Waals surface area contributed by atoms with Gasteiger partial charge in [0.2, 0.25) is 5.91 Å². The average molecular weight is 331 g/mol. The molecule has 2 N–H and O–H groups in total. The van der Waals surface area contributed by atoms with E-state index in [1.807, 2.05) is 0 Å². The highest BCUT2D eigenvalue weighted by Gasteiger charge is 2.38. The zero-order valence-corrected chi connectivity index (χ0v) is 13.2. The minimum Gasteiger partial charge on any atom is -0.455 e. The molecule has 1 fully saturated rings. The Morgan fingerprint density at radius 1 is 1.38 bits per heavy atom. The number of rotatable bonds is 4. The van der Waals surface area contributed by atoms with Crippen molar-refractivity contribution in [2.45, 2.75) is 19.0 Å². The second-order valence-corrected chi connectivity index (χ2v) is 5.63. The largest absolute Gasteiger partial charge is 0.455 e. The van der Waals surface area contributed by atoms with Crippen LogP contribution in [0.5, 0.6) is 0 Å². The maximum Gasteiger partial charge on any atom is 0.289 e. The first kappa shape index (κ1) is 16.2. The lowest BCUT2D eigenvalue weighted by atomic mass is 10.2. The van der Waals surface area contributed by atoms with Crippen molar-refractivity contribution in [3.05, 3.63) is 53.7 Å². The van der Waals surface area contributed by atoms with E-state index in [0.717, 1.165) is 0 Å². The highest BCUT2D eigenvalue weighted by Crippen LogP contribution is 2.27. The third-order valence-electron chi connectivity index (χ3n) is 4.18. The fourth-order valence-electron chi connectivity index (χ4n) is 2.85. The molecule has 2 aromatic rings. The zero-order chi connectivity index (χ0) is 17.3. The molecule has 6 nitrogen and oxygen atoms in total. The minimum absolute atomic E-state index is 0.134. The van der Waals surface area contributed by atoms with Crippen molar-refractivity contribution in [2.75, 3.05) is 18.5 Å². The molecule has 0 radical (unpaired) electrons. The highest BCUT2D eigenvalue weighted by atomic mass is 19.1. The van der Waals surface area contributed by atoms with Crippen molar-refractivity contribution >= 4 is 17.5 Å². The first-order chi connectivity index (χ1) is 11.5. The van der Waals surface area contributed by atoms with Crippen LogP contribution in [0.25, 0.3) is 0 Å². The van der Waals surface area contributed by atoms with Crippen LogP contribution in [-0.4, -0.2) is 36.3 Å². The molecule has 1 unspecified atom stereocenters. The van der Waals surface area contributed by atoms with Crippen molar-refractivity contribution in [1.29, 1.82) is 0 Å². The Morgan fingerprint density at radius 3 is 2.79 bits per heavy atom. The van der Waals surface area contributed by atoms with Crippen molar-refractivity contribution < 1.29 is 18.4 Å². The summed E-state index contributed by atoms with van der Waals surface area (Å²) in [5, 5.41) is 0. The molecule has 0 aliphatic carbocycles. The van der Waals surface area contributed by atoms with Gasteiger partial charge in [-0.25, -0.2) is 4.39 Å². The molecule has 2 amide bonds. The van der Waals surface area contributed by atoms with Gasteiger partial charge in [0.05, 0.1) is 12.2 Å². The number of amides is 2. The van der Waals surface area contributed by atoms with E-state index in [1.165, 1.54) is 21.9 Å². The van der Waals surface area contributed by atoms with Crippen LogP contribution >= 0.6 is 0 Å². The van der Waals surface area contributed by atoms with Gasteiger partial charge < -0.3 is 20.0 Å². The summed E-state index contributed by atoms with van der Waals surface area (Å²) >= 11 is 0. The summed E-state index contributed by atoms with van der Waals surface area (Å²) in [6.07, 6.45) is 0.430. The van der Waals surface area contributed by atoms with Crippen LogP contribution < -0.4 is 10.6 Å². The van der Waals surface area contributed by atoms with Crippen molar-refractivity contribution in [3.8, 4) is 0 Å². The van der Waals surface area contributed by atoms with Crippen LogP contribution in [0.1, 0.15) is 22.7 Å². The lowest BCUT2D eigenvalue weighted by molar-refractivity contribution is -0.120. The molecule has 2 heterocycles. The number of likely N-dealkylation sites (N-methyl/N-ethyl adjacent to an activating group) is 1. The molecule has 3 rings (SSSR count). The molecule has 0 saturated carbocycles. The summed E-state index contributed by atoms with van der Waals surface area (Å²) in [5.41, 5.74) is 5.70. The van der Waals surface area contributed by atoms with Crippen LogP contribution in [0.4, 0.5) is 10.1 Å². The van der Waals surface area contributed by atoms with E-state index in [4.69, 9.17) is 10.2 Å². The van der Waals surface area contributed by atoms with Gasteiger partial charge in [0.15, 0.2) is 5.76 Å². The van der Waals surface area contributed by atoms with Gasteiger partial charge in [-0.05, 0) is 30.7 Å². The monoisotopic (exact) mass is 331 g/mol. The van der Waals surface area contributed by atoms with Gasteiger partial charge in [-0.3, -0.25) is 9.59 Å². The lowest BCUT2D eigenvalue weighted by Gasteiger charge is -2.23. The Hall–Kier alpha value is -2.67. The Balaban J connectivity index is 1.77. The van der Waals surface area contributed by atoms with E-state index in [0.29, 0.717) is 18.7 Å². The SMILES string of the molecule is CN(C(=O)c1ccc(CN)o1)C1CCN(c2ccccc2F)C1=O. The number of hydrogen-bond donors (Lipinski definition) is 1. The maximum atomic E-state index is 13.9. The number of furan rings is 1.